The molecule has 0 radical (unpaired) electrons. The van der Waals surface area contributed by atoms with Crippen LogP contribution in [0, 0.1) is 6.92 Å². The maximum Gasteiger partial charge on any atom is 0.0542 e. The molecule has 0 bridgehead atoms. The van der Waals surface area contributed by atoms with Gasteiger partial charge < -0.3 is 10.6 Å². The van der Waals surface area contributed by atoms with Crippen LogP contribution in [0.25, 0.3) is 0 Å². The van der Waals surface area contributed by atoms with E-state index >= 15 is 0 Å². The second kappa shape index (κ2) is 5.58. The first kappa shape index (κ1) is 13.0. The Bertz CT molecular complexity index is 503. The molecule has 0 aliphatic carbocycles. The highest BCUT2D eigenvalue weighted by atomic mass is 15.2. The Hall–Kier alpha value is -1.96. The van der Waals surface area contributed by atoms with E-state index in [-0.39, 0.29) is 0 Å². The molecule has 1 aliphatic rings. The van der Waals surface area contributed by atoms with E-state index in [1.165, 1.54) is 36.1 Å². The average Bonchev–Trinajstić information content (AvgIpc) is 2.49. The second-order valence-electron chi connectivity index (χ2n) is 5.71. The highest BCUT2D eigenvalue weighted by Gasteiger charge is 2.23. The zero-order valence-corrected chi connectivity index (χ0v) is 12.0. The topological polar surface area (TPSA) is 29.3 Å². The van der Waals surface area contributed by atoms with Crippen molar-refractivity contribution in [2.24, 2.45) is 0 Å². The zero-order chi connectivity index (χ0) is 13.9. The Labute approximate surface area is 121 Å². The van der Waals surface area contributed by atoms with E-state index in [4.69, 9.17) is 5.73 Å². The molecular formula is C18H22N2. The molecule has 20 heavy (non-hydrogen) atoms. The maximum atomic E-state index is 5.81. The van der Waals surface area contributed by atoms with E-state index < -0.39 is 0 Å². The Morgan fingerprint density at radius 3 is 2.35 bits per heavy atom. The highest BCUT2D eigenvalue weighted by molar-refractivity contribution is 5.51. The lowest BCUT2D eigenvalue weighted by Gasteiger charge is -2.38. The van der Waals surface area contributed by atoms with Gasteiger partial charge in [0.15, 0.2) is 0 Å². The molecule has 1 saturated heterocycles. The molecule has 0 aromatic heterocycles. The number of nitrogen functional groups attached to an aromatic ring is 1. The summed E-state index contributed by atoms with van der Waals surface area (Å²) in [6, 6.07) is 17.7. The summed E-state index contributed by atoms with van der Waals surface area (Å²) >= 11 is 0. The molecule has 0 amide bonds. The van der Waals surface area contributed by atoms with Crippen molar-refractivity contribution in [3.05, 3.63) is 59.7 Å². The summed E-state index contributed by atoms with van der Waals surface area (Å²) in [6.45, 7) is 3.27. The minimum atomic E-state index is 0.479. The van der Waals surface area contributed by atoms with Crippen LogP contribution >= 0.6 is 0 Å². The Morgan fingerprint density at radius 2 is 1.65 bits per heavy atom. The van der Waals surface area contributed by atoms with E-state index in [0.29, 0.717) is 6.04 Å². The smallest absolute Gasteiger partial charge is 0.0542 e. The molecule has 3 rings (SSSR count). The first-order chi connectivity index (χ1) is 9.74. The van der Waals surface area contributed by atoms with Crippen molar-refractivity contribution in [3.63, 3.8) is 0 Å². The third-order valence-electron chi connectivity index (χ3n) is 4.19. The van der Waals surface area contributed by atoms with Gasteiger partial charge in [0.05, 0.1) is 6.04 Å². The minimum absolute atomic E-state index is 0.479. The second-order valence-corrected chi connectivity index (χ2v) is 5.71. The van der Waals surface area contributed by atoms with Crippen molar-refractivity contribution in [1.29, 1.82) is 0 Å². The third-order valence-corrected chi connectivity index (χ3v) is 4.19. The van der Waals surface area contributed by atoms with Gasteiger partial charge in [0.25, 0.3) is 0 Å². The number of aryl methyl sites for hydroxylation is 1. The molecule has 2 aromatic rings. The summed E-state index contributed by atoms with van der Waals surface area (Å²) in [6.07, 6.45) is 3.80. The van der Waals surface area contributed by atoms with Gasteiger partial charge in [0.1, 0.15) is 0 Å². The van der Waals surface area contributed by atoms with E-state index in [1.807, 2.05) is 12.1 Å². The first-order valence-corrected chi connectivity index (χ1v) is 7.43. The van der Waals surface area contributed by atoms with Crippen LogP contribution in [0.15, 0.2) is 48.5 Å². The fraction of sp³-hybridized carbons (Fsp3) is 0.333. The lowest BCUT2D eigenvalue weighted by atomic mass is 9.94. The molecule has 1 heterocycles. The highest BCUT2D eigenvalue weighted by Crippen LogP contribution is 2.35. The maximum absolute atomic E-state index is 5.81. The first-order valence-electron chi connectivity index (χ1n) is 7.43. The summed E-state index contributed by atoms with van der Waals surface area (Å²) in [7, 11) is 0. The molecule has 2 heteroatoms. The van der Waals surface area contributed by atoms with E-state index in [1.54, 1.807) is 0 Å². The van der Waals surface area contributed by atoms with Crippen molar-refractivity contribution in [2.45, 2.75) is 32.2 Å². The number of nitrogens with zero attached hydrogens (tertiary/aromatic N) is 1. The van der Waals surface area contributed by atoms with Gasteiger partial charge in [-0.25, -0.2) is 0 Å². The van der Waals surface area contributed by atoms with Crippen molar-refractivity contribution in [3.8, 4) is 0 Å². The Kier molecular flexibility index (Phi) is 3.64. The van der Waals surface area contributed by atoms with E-state index in [9.17, 15) is 0 Å². The van der Waals surface area contributed by atoms with Crippen LogP contribution in [-0.2, 0) is 0 Å². The molecule has 1 atom stereocenters. The van der Waals surface area contributed by atoms with Gasteiger partial charge in [0, 0.05) is 17.9 Å². The fourth-order valence-corrected chi connectivity index (χ4v) is 3.04. The van der Waals surface area contributed by atoms with Crippen LogP contribution in [0.4, 0.5) is 11.4 Å². The van der Waals surface area contributed by atoms with E-state index in [2.05, 4.69) is 48.2 Å². The number of benzene rings is 2. The van der Waals surface area contributed by atoms with Gasteiger partial charge in [-0.1, -0.05) is 29.8 Å². The lowest BCUT2D eigenvalue weighted by Crippen LogP contribution is -2.33. The van der Waals surface area contributed by atoms with Crippen LogP contribution in [0.3, 0.4) is 0 Å². The zero-order valence-electron chi connectivity index (χ0n) is 12.0. The number of hydrogen-bond donors (Lipinski definition) is 1. The normalized spacial score (nSPS) is 19.1. The molecule has 2 nitrogen and oxygen atoms in total. The number of rotatable bonds is 2. The minimum Gasteiger partial charge on any atom is -0.399 e. The average molecular weight is 266 g/mol. The van der Waals surface area contributed by atoms with Gasteiger partial charge in [-0.15, -0.1) is 0 Å². The predicted octanol–water partition coefficient (Wildman–Crippen LogP) is 4.31. The molecule has 2 N–H and O–H groups in total. The van der Waals surface area contributed by atoms with Crippen LogP contribution in [0.2, 0.25) is 0 Å². The van der Waals surface area contributed by atoms with Gasteiger partial charge in [-0.3, -0.25) is 0 Å². The largest absolute Gasteiger partial charge is 0.399 e. The van der Waals surface area contributed by atoms with Crippen molar-refractivity contribution in [2.75, 3.05) is 17.2 Å². The number of anilines is 2. The monoisotopic (exact) mass is 266 g/mol. The molecule has 104 valence electrons. The van der Waals surface area contributed by atoms with Crippen LogP contribution in [0.1, 0.15) is 36.4 Å². The number of hydrogen-bond acceptors (Lipinski definition) is 2. The standard InChI is InChI=1S/C18H22N2/c1-14-5-11-17(12-6-14)20-13-3-2-4-18(20)15-7-9-16(19)10-8-15/h5-12,18H,2-4,13,19H2,1H3. The molecule has 0 saturated carbocycles. The van der Waals surface area contributed by atoms with E-state index in [0.717, 1.165) is 12.2 Å². The summed E-state index contributed by atoms with van der Waals surface area (Å²) in [5.41, 5.74) is 10.7. The Morgan fingerprint density at radius 1 is 0.950 bits per heavy atom. The SMILES string of the molecule is Cc1ccc(N2CCCCC2c2ccc(N)cc2)cc1. The third kappa shape index (κ3) is 2.64. The van der Waals surface area contributed by atoms with Crippen molar-refractivity contribution >= 4 is 11.4 Å². The molecule has 0 spiro atoms. The fourth-order valence-electron chi connectivity index (χ4n) is 3.04. The molecule has 1 unspecified atom stereocenters. The Balaban J connectivity index is 1.90. The summed E-state index contributed by atoms with van der Waals surface area (Å²) in [4.78, 5) is 2.54. The van der Waals surface area contributed by atoms with Crippen LogP contribution in [0.5, 0.6) is 0 Å². The van der Waals surface area contributed by atoms with Gasteiger partial charge >= 0.3 is 0 Å². The number of piperidine rings is 1. The quantitative estimate of drug-likeness (QED) is 0.821. The van der Waals surface area contributed by atoms with Crippen molar-refractivity contribution in [1.82, 2.24) is 0 Å². The summed E-state index contributed by atoms with van der Waals surface area (Å²) in [5.74, 6) is 0. The lowest BCUT2D eigenvalue weighted by molar-refractivity contribution is 0.473. The predicted molar refractivity (Wildman–Crippen MR) is 86.0 cm³/mol. The van der Waals surface area contributed by atoms with Crippen molar-refractivity contribution < 1.29 is 0 Å². The molecule has 2 aromatic carbocycles. The van der Waals surface area contributed by atoms with Gasteiger partial charge in [-0.2, -0.15) is 0 Å². The summed E-state index contributed by atoms with van der Waals surface area (Å²) < 4.78 is 0. The van der Waals surface area contributed by atoms with Crippen LogP contribution in [-0.4, -0.2) is 6.54 Å². The van der Waals surface area contributed by atoms with Crippen LogP contribution < -0.4 is 10.6 Å². The van der Waals surface area contributed by atoms with Gasteiger partial charge in [-0.05, 0) is 56.0 Å². The molecule has 1 aliphatic heterocycles. The molecular weight excluding hydrogens is 244 g/mol. The summed E-state index contributed by atoms with van der Waals surface area (Å²) in [5, 5.41) is 0. The molecule has 1 fully saturated rings. The number of nitrogens with two attached hydrogens (primary N) is 1. The van der Waals surface area contributed by atoms with Gasteiger partial charge in [0.2, 0.25) is 0 Å².